The van der Waals surface area contributed by atoms with Gasteiger partial charge in [-0.2, -0.15) is 0 Å². The summed E-state index contributed by atoms with van der Waals surface area (Å²) < 4.78 is 0. The molecule has 0 aliphatic heterocycles. The first-order valence-electron chi connectivity index (χ1n) is 7.10. The number of benzene rings is 1. The Morgan fingerprint density at radius 3 is 2.21 bits per heavy atom. The summed E-state index contributed by atoms with van der Waals surface area (Å²) in [6.07, 6.45) is 1.10. The van der Waals surface area contributed by atoms with Gasteiger partial charge in [0.1, 0.15) is 5.75 Å². The van der Waals surface area contributed by atoms with Gasteiger partial charge in [0.25, 0.3) is 0 Å². The average Bonchev–Trinajstić information content (AvgIpc) is 2.25. The van der Waals surface area contributed by atoms with Gasteiger partial charge in [0, 0.05) is 0 Å². The van der Waals surface area contributed by atoms with E-state index in [1.807, 2.05) is 6.07 Å². The van der Waals surface area contributed by atoms with Crippen molar-refractivity contribution in [3.05, 3.63) is 29.3 Å². The molecule has 0 bridgehead atoms. The second kappa shape index (κ2) is 5.54. The molecule has 108 valence electrons. The highest BCUT2D eigenvalue weighted by Gasteiger charge is 2.28. The van der Waals surface area contributed by atoms with Crippen LogP contribution in [0.3, 0.4) is 0 Å². The monoisotopic (exact) mass is 263 g/mol. The van der Waals surface area contributed by atoms with E-state index in [0.717, 1.165) is 12.0 Å². The summed E-state index contributed by atoms with van der Waals surface area (Å²) in [5.41, 5.74) is 8.33. The fraction of sp³-hybridized carbons (Fsp3) is 0.647. The molecular weight excluding hydrogens is 234 g/mol. The maximum Gasteiger partial charge on any atom is 0.119 e. The third-order valence-corrected chi connectivity index (χ3v) is 3.67. The third-order valence-electron chi connectivity index (χ3n) is 3.67. The lowest BCUT2D eigenvalue weighted by Crippen LogP contribution is -2.25. The summed E-state index contributed by atoms with van der Waals surface area (Å²) in [7, 11) is 0. The van der Waals surface area contributed by atoms with Crippen molar-refractivity contribution in [2.45, 2.75) is 59.3 Å². The van der Waals surface area contributed by atoms with E-state index in [9.17, 15) is 5.11 Å². The number of nitrogens with two attached hydrogens (primary N) is 1. The van der Waals surface area contributed by atoms with Crippen molar-refractivity contribution in [2.75, 3.05) is 6.54 Å². The molecule has 2 heteroatoms. The minimum atomic E-state index is 0.0923. The zero-order valence-corrected chi connectivity index (χ0v) is 13.2. The minimum absolute atomic E-state index is 0.0923. The number of rotatable bonds is 4. The first kappa shape index (κ1) is 16.0. The average molecular weight is 263 g/mol. The second-order valence-electron chi connectivity index (χ2n) is 7.53. The first-order valence-corrected chi connectivity index (χ1v) is 7.10. The number of hydrogen-bond donors (Lipinski definition) is 2. The molecule has 1 atom stereocenters. The maximum atomic E-state index is 9.98. The van der Waals surface area contributed by atoms with Crippen LogP contribution in [0.4, 0.5) is 0 Å². The summed E-state index contributed by atoms with van der Waals surface area (Å²) in [5, 5.41) is 9.98. The fourth-order valence-corrected chi connectivity index (χ4v) is 2.93. The van der Waals surface area contributed by atoms with E-state index in [2.05, 4.69) is 47.6 Å². The zero-order valence-electron chi connectivity index (χ0n) is 13.2. The van der Waals surface area contributed by atoms with Crippen LogP contribution in [0.5, 0.6) is 5.75 Å². The number of hydrogen-bond acceptors (Lipinski definition) is 2. The molecule has 0 saturated heterocycles. The van der Waals surface area contributed by atoms with Gasteiger partial charge in [-0.1, -0.05) is 53.7 Å². The number of aromatic hydroxyl groups is 1. The van der Waals surface area contributed by atoms with Crippen molar-refractivity contribution in [2.24, 2.45) is 11.1 Å². The third kappa shape index (κ3) is 4.24. The van der Waals surface area contributed by atoms with Crippen molar-refractivity contribution in [3.8, 4) is 5.75 Å². The highest BCUT2D eigenvalue weighted by atomic mass is 16.3. The Balaban J connectivity index is 3.14. The lowest BCUT2D eigenvalue weighted by Gasteiger charge is -2.33. The highest BCUT2D eigenvalue weighted by molar-refractivity contribution is 5.41. The standard InChI is InChI=1S/C17H29NO/c1-12(10-18)14-9-13(7-8-15(14)19)17(5,6)11-16(2,3)4/h7-9,12,19H,10-11,18H2,1-6H3. The first-order chi connectivity index (χ1) is 8.57. The van der Waals surface area contributed by atoms with E-state index < -0.39 is 0 Å². The van der Waals surface area contributed by atoms with Gasteiger partial charge >= 0.3 is 0 Å². The Morgan fingerprint density at radius 1 is 1.16 bits per heavy atom. The van der Waals surface area contributed by atoms with E-state index in [1.165, 1.54) is 5.56 Å². The summed E-state index contributed by atoms with van der Waals surface area (Å²) in [6.45, 7) is 13.9. The predicted octanol–water partition coefficient (Wildman–Crippen LogP) is 4.17. The Hall–Kier alpha value is -1.02. The van der Waals surface area contributed by atoms with E-state index in [4.69, 9.17) is 5.73 Å². The van der Waals surface area contributed by atoms with Crippen molar-refractivity contribution >= 4 is 0 Å². The van der Waals surface area contributed by atoms with Crippen LogP contribution in [0, 0.1) is 5.41 Å². The van der Waals surface area contributed by atoms with Gasteiger partial charge in [-0.3, -0.25) is 0 Å². The molecule has 0 radical (unpaired) electrons. The van der Waals surface area contributed by atoms with Crippen molar-refractivity contribution in [3.63, 3.8) is 0 Å². The van der Waals surface area contributed by atoms with E-state index in [1.54, 1.807) is 6.07 Å². The molecule has 3 N–H and O–H groups in total. The summed E-state index contributed by atoms with van der Waals surface area (Å²) >= 11 is 0. The van der Waals surface area contributed by atoms with Gasteiger partial charge < -0.3 is 10.8 Å². The van der Waals surface area contributed by atoms with Crippen molar-refractivity contribution in [1.82, 2.24) is 0 Å². The van der Waals surface area contributed by atoms with Crippen LogP contribution in [-0.4, -0.2) is 11.7 Å². The normalized spacial score (nSPS) is 14.5. The summed E-state index contributed by atoms with van der Waals surface area (Å²) in [4.78, 5) is 0. The molecule has 2 nitrogen and oxygen atoms in total. The molecule has 0 amide bonds. The lowest BCUT2D eigenvalue weighted by molar-refractivity contribution is 0.284. The Bertz CT molecular complexity index is 429. The van der Waals surface area contributed by atoms with Gasteiger partial charge in [-0.05, 0) is 46.9 Å². The molecule has 0 heterocycles. The molecule has 1 aromatic carbocycles. The molecule has 0 saturated carbocycles. The highest BCUT2D eigenvalue weighted by Crippen LogP contribution is 2.38. The molecule has 1 rings (SSSR count). The summed E-state index contributed by atoms with van der Waals surface area (Å²) in [5.74, 6) is 0.540. The SMILES string of the molecule is CC(CN)c1cc(C(C)(C)CC(C)(C)C)ccc1O. The Labute approximate surface area is 118 Å². The van der Waals surface area contributed by atoms with Crippen LogP contribution in [0.25, 0.3) is 0 Å². The Morgan fingerprint density at radius 2 is 1.74 bits per heavy atom. The van der Waals surface area contributed by atoms with Crippen LogP contribution in [0.1, 0.15) is 65.0 Å². The molecule has 0 spiro atoms. The molecule has 0 aliphatic rings. The van der Waals surface area contributed by atoms with Crippen LogP contribution in [0.15, 0.2) is 18.2 Å². The molecular formula is C17H29NO. The largest absolute Gasteiger partial charge is 0.508 e. The quantitative estimate of drug-likeness (QED) is 0.856. The van der Waals surface area contributed by atoms with Crippen LogP contribution in [-0.2, 0) is 5.41 Å². The Kier molecular flexibility index (Phi) is 4.67. The molecule has 19 heavy (non-hydrogen) atoms. The van der Waals surface area contributed by atoms with Crippen LogP contribution in [0.2, 0.25) is 0 Å². The van der Waals surface area contributed by atoms with E-state index >= 15 is 0 Å². The maximum absolute atomic E-state index is 9.98. The molecule has 1 aromatic rings. The zero-order chi connectivity index (χ0) is 14.8. The van der Waals surface area contributed by atoms with Gasteiger partial charge in [0.05, 0.1) is 0 Å². The van der Waals surface area contributed by atoms with Crippen LogP contribution >= 0.6 is 0 Å². The van der Waals surface area contributed by atoms with Gasteiger partial charge in [0.15, 0.2) is 0 Å². The minimum Gasteiger partial charge on any atom is -0.508 e. The van der Waals surface area contributed by atoms with E-state index in [-0.39, 0.29) is 16.7 Å². The van der Waals surface area contributed by atoms with Crippen molar-refractivity contribution < 1.29 is 5.11 Å². The second-order valence-corrected chi connectivity index (χ2v) is 7.53. The number of phenolic OH excluding ortho intramolecular Hbond substituents is 1. The molecule has 0 fully saturated rings. The number of phenols is 1. The predicted molar refractivity (Wildman–Crippen MR) is 82.7 cm³/mol. The smallest absolute Gasteiger partial charge is 0.119 e. The summed E-state index contributed by atoms with van der Waals surface area (Å²) in [6, 6.07) is 5.97. The fourth-order valence-electron chi connectivity index (χ4n) is 2.93. The van der Waals surface area contributed by atoms with Crippen molar-refractivity contribution in [1.29, 1.82) is 0 Å². The van der Waals surface area contributed by atoms with Gasteiger partial charge in [-0.25, -0.2) is 0 Å². The van der Waals surface area contributed by atoms with E-state index in [0.29, 0.717) is 12.3 Å². The molecule has 1 unspecified atom stereocenters. The topological polar surface area (TPSA) is 46.2 Å². The molecule has 0 aliphatic carbocycles. The van der Waals surface area contributed by atoms with Gasteiger partial charge in [0.2, 0.25) is 0 Å². The molecule has 0 aromatic heterocycles. The lowest BCUT2D eigenvalue weighted by atomic mass is 9.72. The van der Waals surface area contributed by atoms with Gasteiger partial charge in [-0.15, -0.1) is 0 Å². The van der Waals surface area contributed by atoms with Crippen LogP contribution < -0.4 is 5.73 Å².